The first-order chi connectivity index (χ1) is 3.43. The van der Waals surface area contributed by atoms with Crippen molar-refractivity contribution in [2.24, 2.45) is 4.99 Å². The van der Waals surface area contributed by atoms with E-state index in [9.17, 15) is 0 Å². The smallest absolute Gasteiger partial charge is 0.155 e. The predicted molar refractivity (Wildman–Crippen MR) is 27.0 cm³/mol. The van der Waals surface area contributed by atoms with Crippen LogP contribution in [0.4, 0.5) is 0 Å². The van der Waals surface area contributed by atoms with Crippen LogP contribution < -0.4 is 0 Å². The molecule has 0 aliphatic carbocycles. The van der Waals surface area contributed by atoms with E-state index >= 15 is 0 Å². The van der Waals surface area contributed by atoms with E-state index in [1.165, 1.54) is 0 Å². The molecule has 2 nitrogen and oxygen atoms in total. The van der Waals surface area contributed by atoms with Crippen molar-refractivity contribution in [2.75, 3.05) is 0 Å². The molecular formula is C5H4N2. The maximum Gasteiger partial charge on any atom is 0.155 e. The number of rotatable bonds is 0. The fourth-order valence-corrected chi connectivity index (χ4v) is 0.423. The third-order valence-corrected chi connectivity index (χ3v) is 0.758. The average Bonchev–Trinajstić information content (AvgIpc) is 2.14. The first-order valence-corrected chi connectivity index (χ1v) is 2.03. The lowest BCUT2D eigenvalue weighted by Crippen LogP contribution is -1.87. The van der Waals surface area contributed by atoms with Gasteiger partial charge in [0.25, 0.3) is 0 Å². The first-order valence-electron chi connectivity index (χ1n) is 2.03. The average molecular weight is 92.1 g/mol. The molecule has 0 saturated carbocycles. The maximum atomic E-state index is 8.15. The lowest BCUT2D eigenvalue weighted by Gasteiger charge is -1.81. The van der Waals surface area contributed by atoms with Crippen LogP contribution in [0.5, 0.6) is 0 Å². The molecule has 1 rings (SSSR count). The summed E-state index contributed by atoms with van der Waals surface area (Å²) in [5, 5.41) is 8.15. The minimum absolute atomic E-state index is 0.208. The van der Waals surface area contributed by atoms with Gasteiger partial charge in [0.15, 0.2) is 6.04 Å². The number of nitriles is 1. The summed E-state index contributed by atoms with van der Waals surface area (Å²) in [7, 11) is 0. The summed E-state index contributed by atoms with van der Waals surface area (Å²) in [6, 6.07) is 1.77. The zero-order valence-corrected chi connectivity index (χ0v) is 3.70. The van der Waals surface area contributed by atoms with Gasteiger partial charge in [0, 0.05) is 6.21 Å². The van der Waals surface area contributed by atoms with Gasteiger partial charge in [-0.05, 0) is 12.2 Å². The highest BCUT2D eigenvalue weighted by Gasteiger charge is 1.98. The highest BCUT2D eigenvalue weighted by atomic mass is 14.8. The van der Waals surface area contributed by atoms with E-state index in [2.05, 4.69) is 4.99 Å². The number of nitrogens with zero attached hydrogens (tertiary/aromatic N) is 2. The molecule has 0 bridgehead atoms. The molecule has 0 radical (unpaired) electrons. The van der Waals surface area contributed by atoms with Crippen LogP contribution in [0, 0.1) is 11.3 Å². The highest BCUT2D eigenvalue weighted by molar-refractivity contribution is 5.74. The lowest BCUT2D eigenvalue weighted by atomic mass is 10.3. The van der Waals surface area contributed by atoms with Crippen molar-refractivity contribution in [3.05, 3.63) is 12.2 Å². The van der Waals surface area contributed by atoms with Gasteiger partial charge >= 0.3 is 0 Å². The number of aliphatic imine (C=N–C) groups is 1. The van der Waals surface area contributed by atoms with E-state index in [-0.39, 0.29) is 6.04 Å². The van der Waals surface area contributed by atoms with Gasteiger partial charge in [-0.2, -0.15) is 5.26 Å². The number of hydrogen-bond acceptors (Lipinski definition) is 2. The van der Waals surface area contributed by atoms with Gasteiger partial charge in [-0.15, -0.1) is 0 Å². The Bertz CT molecular complexity index is 138. The monoisotopic (exact) mass is 92.0 g/mol. The summed E-state index contributed by atoms with van der Waals surface area (Å²) in [6.45, 7) is 0. The molecule has 0 unspecified atom stereocenters. The SMILES string of the molecule is N#C[C@@H]1C=CC=N1. The zero-order valence-electron chi connectivity index (χ0n) is 3.70. The van der Waals surface area contributed by atoms with Gasteiger partial charge in [-0.1, -0.05) is 0 Å². The highest BCUT2D eigenvalue weighted by Crippen LogP contribution is 1.94. The van der Waals surface area contributed by atoms with Crippen LogP contribution in [0.1, 0.15) is 0 Å². The largest absolute Gasteiger partial charge is 0.270 e. The maximum absolute atomic E-state index is 8.15. The van der Waals surface area contributed by atoms with Crippen LogP contribution in [-0.4, -0.2) is 12.3 Å². The second-order valence-corrected chi connectivity index (χ2v) is 1.26. The molecular weight excluding hydrogens is 88.1 g/mol. The molecule has 0 fully saturated rings. The quantitative estimate of drug-likeness (QED) is 0.429. The third-order valence-electron chi connectivity index (χ3n) is 0.758. The summed E-state index contributed by atoms with van der Waals surface area (Å²) in [4.78, 5) is 3.76. The summed E-state index contributed by atoms with van der Waals surface area (Å²) in [5.74, 6) is 0. The minimum Gasteiger partial charge on any atom is -0.270 e. The zero-order chi connectivity index (χ0) is 5.11. The fraction of sp³-hybridized carbons (Fsp3) is 0.200. The number of allylic oxidation sites excluding steroid dienone is 1. The van der Waals surface area contributed by atoms with E-state index in [0.29, 0.717) is 0 Å². The van der Waals surface area contributed by atoms with Crippen LogP contribution in [0.25, 0.3) is 0 Å². The van der Waals surface area contributed by atoms with Crippen LogP contribution >= 0.6 is 0 Å². The van der Waals surface area contributed by atoms with Crippen molar-refractivity contribution < 1.29 is 0 Å². The molecule has 0 spiro atoms. The second-order valence-electron chi connectivity index (χ2n) is 1.26. The van der Waals surface area contributed by atoms with Crippen LogP contribution in [-0.2, 0) is 0 Å². The Morgan fingerprint density at radius 2 is 2.57 bits per heavy atom. The van der Waals surface area contributed by atoms with E-state index in [1.807, 2.05) is 6.07 Å². The lowest BCUT2D eigenvalue weighted by molar-refractivity contribution is 1.07. The molecule has 1 atom stereocenters. The summed E-state index contributed by atoms with van der Waals surface area (Å²) in [6.07, 6.45) is 5.15. The van der Waals surface area contributed by atoms with Crippen LogP contribution in [0.2, 0.25) is 0 Å². The fourth-order valence-electron chi connectivity index (χ4n) is 0.423. The Morgan fingerprint density at radius 3 is 2.86 bits per heavy atom. The van der Waals surface area contributed by atoms with Crippen molar-refractivity contribution in [3.63, 3.8) is 0 Å². The van der Waals surface area contributed by atoms with E-state index < -0.39 is 0 Å². The minimum atomic E-state index is -0.208. The van der Waals surface area contributed by atoms with E-state index in [1.54, 1.807) is 18.4 Å². The van der Waals surface area contributed by atoms with E-state index in [0.717, 1.165) is 0 Å². The molecule has 0 aromatic carbocycles. The van der Waals surface area contributed by atoms with Crippen molar-refractivity contribution in [3.8, 4) is 6.07 Å². The van der Waals surface area contributed by atoms with Gasteiger partial charge in [0.2, 0.25) is 0 Å². The van der Waals surface area contributed by atoms with E-state index in [4.69, 9.17) is 5.26 Å². The molecule has 1 aliphatic heterocycles. The molecule has 1 aliphatic rings. The second kappa shape index (κ2) is 1.57. The standard InChI is InChI=1S/C5H4N2/c6-4-5-2-1-3-7-5/h1-3,5H/t5-/m0/s1. The summed E-state index contributed by atoms with van der Waals surface area (Å²) in [5.41, 5.74) is 0. The molecule has 0 saturated heterocycles. The molecule has 0 N–H and O–H groups in total. The van der Waals surface area contributed by atoms with Crippen LogP contribution in [0.3, 0.4) is 0 Å². The van der Waals surface area contributed by atoms with Gasteiger partial charge in [-0.3, -0.25) is 4.99 Å². The van der Waals surface area contributed by atoms with Gasteiger partial charge in [0.1, 0.15) is 0 Å². The molecule has 7 heavy (non-hydrogen) atoms. The Labute approximate surface area is 41.8 Å². The summed E-state index contributed by atoms with van der Waals surface area (Å²) >= 11 is 0. The third kappa shape index (κ3) is 0.660. The molecule has 0 amide bonds. The van der Waals surface area contributed by atoms with Crippen molar-refractivity contribution >= 4 is 6.21 Å². The normalized spacial score (nSPS) is 25.3. The van der Waals surface area contributed by atoms with Gasteiger partial charge < -0.3 is 0 Å². The Hall–Kier alpha value is -1.10. The Morgan fingerprint density at radius 1 is 1.71 bits per heavy atom. The van der Waals surface area contributed by atoms with Crippen molar-refractivity contribution in [1.82, 2.24) is 0 Å². The summed E-state index contributed by atoms with van der Waals surface area (Å²) < 4.78 is 0. The molecule has 1 heterocycles. The topological polar surface area (TPSA) is 36.1 Å². The van der Waals surface area contributed by atoms with Crippen LogP contribution in [0.15, 0.2) is 17.1 Å². The molecule has 0 aromatic rings. The van der Waals surface area contributed by atoms with Crippen molar-refractivity contribution in [1.29, 1.82) is 5.26 Å². The molecule has 2 heteroatoms. The Balaban J connectivity index is 2.65. The molecule has 34 valence electrons. The van der Waals surface area contributed by atoms with Gasteiger partial charge in [0.05, 0.1) is 6.07 Å². The Kier molecular flexibility index (Phi) is 0.910. The van der Waals surface area contributed by atoms with Crippen molar-refractivity contribution in [2.45, 2.75) is 6.04 Å². The first kappa shape index (κ1) is 4.07. The molecule has 0 aromatic heterocycles. The number of hydrogen-bond donors (Lipinski definition) is 0. The van der Waals surface area contributed by atoms with Gasteiger partial charge in [-0.25, -0.2) is 0 Å². The predicted octanol–water partition coefficient (Wildman–Crippen LogP) is 0.519.